The van der Waals surface area contributed by atoms with Crippen LogP contribution in [0.15, 0.2) is 18.2 Å². The minimum atomic E-state index is -0.303. The maximum atomic E-state index is 6.10. The van der Waals surface area contributed by atoms with Gasteiger partial charge >= 0.3 is 7.12 Å². The van der Waals surface area contributed by atoms with Crippen LogP contribution in [-0.2, 0) is 15.7 Å². The van der Waals surface area contributed by atoms with Crippen LogP contribution in [-0.4, -0.2) is 25.4 Å². The van der Waals surface area contributed by atoms with Crippen LogP contribution in [0, 0.1) is 0 Å². The molecule has 1 saturated heterocycles. The predicted octanol–water partition coefficient (Wildman–Crippen LogP) is 2.56. The summed E-state index contributed by atoms with van der Waals surface area (Å²) in [6, 6.07) is 6.06. The monoisotopic (exact) mass is 262 g/mol. The predicted molar refractivity (Wildman–Crippen MR) is 78.1 cm³/mol. The van der Waals surface area contributed by atoms with Gasteiger partial charge in [-0.2, -0.15) is 0 Å². The highest BCUT2D eigenvalue weighted by Gasteiger charge is 2.52. The summed E-state index contributed by atoms with van der Waals surface area (Å²) in [6.07, 6.45) is 0.927. The third-order valence-corrected chi connectivity index (χ3v) is 4.24. The molecule has 0 aliphatic carbocycles. The van der Waals surface area contributed by atoms with E-state index in [-0.39, 0.29) is 18.3 Å². The number of hydrogen-bond acceptors (Lipinski definition) is 3. The molecule has 4 heteroatoms. The summed E-state index contributed by atoms with van der Waals surface area (Å²) in [4.78, 5) is 0. The Morgan fingerprint density at radius 1 is 1.11 bits per heavy atom. The van der Waals surface area contributed by atoms with E-state index in [2.05, 4.69) is 40.7 Å². The van der Waals surface area contributed by atoms with Crippen molar-refractivity contribution in [2.75, 3.05) is 7.11 Å². The standard InChI is InChI=1S/C15H23BO3/c1-7-11-10-12(17-6)8-9-13(11)16-18-14(2,3)15(4,5)19-16/h8-10H,7H2,1-6H3. The maximum absolute atomic E-state index is 6.10. The van der Waals surface area contributed by atoms with Crippen LogP contribution in [0.4, 0.5) is 0 Å². The number of aryl methyl sites for hydroxylation is 1. The van der Waals surface area contributed by atoms with Gasteiger partial charge in [0.1, 0.15) is 5.75 Å². The Balaban J connectivity index is 2.34. The molecule has 0 bridgehead atoms. The van der Waals surface area contributed by atoms with Crippen molar-refractivity contribution in [3.05, 3.63) is 23.8 Å². The van der Waals surface area contributed by atoms with Gasteiger partial charge in [-0.05, 0) is 57.3 Å². The first-order valence-electron chi connectivity index (χ1n) is 6.83. The average Bonchev–Trinajstić information content (AvgIpc) is 2.57. The van der Waals surface area contributed by atoms with Crippen LogP contribution in [0.1, 0.15) is 40.2 Å². The van der Waals surface area contributed by atoms with Crippen LogP contribution in [0.25, 0.3) is 0 Å². The largest absolute Gasteiger partial charge is 0.497 e. The molecule has 1 aromatic carbocycles. The lowest BCUT2D eigenvalue weighted by atomic mass is 9.75. The summed E-state index contributed by atoms with van der Waals surface area (Å²) in [5.41, 5.74) is 1.70. The molecular weight excluding hydrogens is 239 g/mol. The van der Waals surface area contributed by atoms with Gasteiger partial charge in [0, 0.05) is 0 Å². The molecule has 0 aromatic heterocycles. The van der Waals surface area contributed by atoms with Gasteiger partial charge in [0.05, 0.1) is 18.3 Å². The molecule has 0 spiro atoms. The number of benzene rings is 1. The zero-order valence-corrected chi connectivity index (χ0v) is 12.7. The Bertz CT molecular complexity index is 452. The van der Waals surface area contributed by atoms with E-state index >= 15 is 0 Å². The van der Waals surface area contributed by atoms with E-state index in [9.17, 15) is 0 Å². The number of hydrogen-bond donors (Lipinski definition) is 0. The van der Waals surface area contributed by atoms with Gasteiger partial charge in [-0.3, -0.25) is 0 Å². The van der Waals surface area contributed by atoms with Crippen molar-refractivity contribution in [3.8, 4) is 5.75 Å². The number of rotatable bonds is 3. The fraction of sp³-hybridized carbons (Fsp3) is 0.600. The van der Waals surface area contributed by atoms with Crippen LogP contribution in [0.3, 0.4) is 0 Å². The average molecular weight is 262 g/mol. The molecule has 0 atom stereocenters. The van der Waals surface area contributed by atoms with Gasteiger partial charge in [-0.15, -0.1) is 0 Å². The first-order valence-corrected chi connectivity index (χ1v) is 6.83. The summed E-state index contributed by atoms with van der Waals surface area (Å²) in [7, 11) is 1.38. The summed E-state index contributed by atoms with van der Waals surface area (Å²) in [6.45, 7) is 10.4. The summed E-state index contributed by atoms with van der Waals surface area (Å²) in [5, 5.41) is 0. The van der Waals surface area contributed by atoms with Crippen LogP contribution in [0.5, 0.6) is 5.75 Å². The molecule has 2 rings (SSSR count). The highest BCUT2D eigenvalue weighted by molar-refractivity contribution is 6.62. The lowest BCUT2D eigenvalue weighted by molar-refractivity contribution is 0.00578. The van der Waals surface area contributed by atoms with Gasteiger partial charge in [0.25, 0.3) is 0 Å². The Morgan fingerprint density at radius 2 is 1.68 bits per heavy atom. The molecule has 0 unspecified atom stereocenters. The van der Waals surface area contributed by atoms with Crippen molar-refractivity contribution in [2.45, 2.75) is 52.2 Å². The summed E-state index contributed by atoms with van der Waals surface area (Å²) < 4.78 is 17.5. The van der Waals surface area contributed by atoms with E-state index < -0.39 is 0 Å². The summed E-state index contributed by atoms with van der Waals surface area (Å²) in [5.74, 6) is 0.872. The van der Waals surface area contributed by atoms with Crippen molar-refractivity contribution >= 4 is 12.6 Å². The molecule has 0 N–H and O–H groups in total. The lowest BCUT2D eigenvalue weighted by Crippen LogP contribution is -2.41. The normalized spacial score (nSPS) is 20.6. The quantitative estimate of drug-likeness (QED) is 0.783. The van der Waals surface area contributed by atoms with Crippen LogP contribution >= 0.6 is 0 Å². The first-order chi connectivity index (χ1) is 8.80. The van der Waals surface area contributed by atoms with Gasteiger partial charge in [0.15, 0.2) is 0 Å². The first kappa shape index (κ1) is 14.4. The molecular formula is C15H23BO3. The second kappa shape index (κ2) is 4.84. The molecule has 104 valence electrons. The fourth-order valence-corrected chi connectivity index (χ4v) is 2.22. The van der Waals surface area contributed by atoms with Crippen LogP contribution < -0.4 is 10.2 Å². The molecule has 1 aliphatic rings. The minimum Gasteiger partial charge on any atom is -0.497 e. The van der Waals surface area contributed by atoms with Gasteiger partial charge in [0.2, 0.25) is 0 Å². The van der Waals surface area contributed by atoms with Gasteiger partial charge in [-0.25, -0.2) is 0 Å². The fourth-order valence-electron chi connectivity index (χ4n) is 2.22. The molecule has 1 heterocycles. The molecule has 0 saturated carbocycles. The second-order valence-electron chi connectivity index (χ2n) is 6.01. The smallest absolute Gasteiger partial charge is 0.495 e. The Labute approximate surface area is 116 Å². The molecule has 1 aromatic rings. The Kier molecular flexibility index (Phi) is 3.67. The SMILES string of the molecule is CCc1cc(OC)ccc1B1OC(C)(C)C(C)(C)O1. The van der Waals surface area contributed by atoms with Crippen molar-refractivity contribution in [2.24, 2.45) is 0 Å². The molecule has 1 fully saturated rings. The minimum absolute atomic E-state index is 0.300. The Hall–Kier alpha value is -0.995. The third-order valence-electron chi connectivity index (χ3n) is 4.24. The van der Waals surface area contributed by atoms with E-state index in [4.69, 9.17) is 14.0 Å². The van der Waals surface area contributed by atoms with E-state index in [1.165, 1.54) is 5.56 Å². The van der Waals surface area contributed by atoms with Crippen molar-refractivity contribution < 1.29 is 14.0 Å². The molecule has 0 radical (unpaired) electrons. The van der Waals surface area contributed by atoms with E-state index in [0.29, 0.717) is 0 Å². The van der Waals surface area contributed by atoms with Crippen molar-refractivity contribution in [3.63, 3.8) is 0 Å². The second-order valence-corrected chi connectivity index (χ2v) is 6.01. The molecule has 1 aliphatic heterocycles. The van der Waals surface area contributed by atoms with E-state index in [1.54, 1.807) is 7.11 Å². The zero-order valence-electron chi connectivity index (χ0n) is 12.7. The Morgan fingerprint density at radius 3 is 2.16 bits per heavy atom. The number of ether oxygens (including phenoxy) is 1. The topological polar surface area (TPSA) is 27.7 Å². The molecule has 19 heavy (non-hydrogen) atoms. The highest BCUT2D eigenvalue weighted by Crippen LogP contribution is 2.36. The van der Waals surface area contributed by atoms with E-state index in [0.717, 1.165) is 17.6 Å². The van der Waals surface area contributed by atoms with Gasteiger partial charge < -0.3 is 14.0 Å². The molecule has 3 nitrogen and oxygen atoms in total. The van der Waals surface area contributed by atoms with Crippen molar-refractivity contribution in [1.82, 2.24) is 0 Å². The van der Waals surface area contributed by atoms with Crippen LogP contribution in [0.2, 0.25) is 0 Å². The zero-order chi connectivity index (χ0) is 14.3. The lowest BCUT2D eigenvalue weighted by Gasteiger charge is -2.32. The van der Waals surface area contributed by atoms with Crippen molar-refractivity contribution in [1.29, 1.82) is 0 Å². The van der Waals surface area contributed by atoms with E-state index in [1.807, 2.05) is 12.1 Å². The third kappa shape index (κ3) is 2.52. The maximum Gasteiger partial charge on any atom is 0.495 e. The van der Waals surface area contributed by atoms with Gasteiger partial charge in [-0.1, -0.05) is 13.0 Å². The number of methoxy groups -OCH3 is 1. The summed E-state index contributed by atoms with van der Waals surface area (Å²) >= 11 is 0. The molecule has 0 amide bonds. The highest BCUT2D eigenvalue weighted by atomic mass is 16.7.